The maximum absolute atomic E-state index is 6.09. The van der Waals surface area contributed by atoms with Crippen molar-refractivity contribution in [1.29, 1.82) is 0 Å². The highest BCUT2D eigenvalue weighted by Crippen LogP contribution is 2.39. The van der Waals surface area contributed by atoms with E-state index >= 15 is 0 Å². The highest BCUT2D eigenvalue weighted by molar-refractivity contribution is 5.21. The summed E-state index contributed by atoms with van der Waals surface area (Å²) < 4.78 is 6.09. The van der Waals surface area contributed by atoms with Gasteiger partial charge in [0.15, 0.2) is 0 Å². The van der Waals surface area contributed by atoms with Crippen LogP contribution in [0.5, 0.6) is 0 Å². The van der Waals surface area contributed by atoms with E-state index in [1.807, 2.05) is 0 Å². The summed E-state index contributed by atoms with van der Waals surface area (Å²) in [6.45, 7) is 3.09. The molecule has 2 atom stereocenters. The Morgan fingerprint density at radius 1 is 1.25 bits per heavy atom. The summed E-state index contributed by atoms with van der Waals surface area (Å²) in [5.74, 6) is 0.598. The molecule has 2 heteroatoms. The minimum atomic E-state index is 0.138. The van der Waals surface area contributed by atoms with E-state index in [9.17, 15) is 0 Å². The lowest BCUT2D eigenvalue weighted by molar-refractivity contribution is -0.0139. The number of hydrogen-bond acceptors (Lipinski definition) is 2. The van der Waals surface area contributed by atoms with Crippen molar-refractivity contribution in [3.8, 4) is 0 Å². The Kier molecular flexibility index (Phi) is 2.70. The molecule has 1 aromatic carbocycles. The van der Waals surface area contributed by atoms with E-state index in [0.29, 0.717) is 5.92 Å². The van der Waals surface area contributed by atoms with Crippen LogP contribution < -0.4 is 5.32 Å². The Morgan fingerprint density at radius 2 is 2.12 bits per heavy atom. The molecular formula is C14H19NO. The summed E-state index contributed by atoms with van der Waals surface area (Å²) in [5, 5.41) is 3.46. The number of hydrogen-bond donors (Lipinski definition) is 1. The van der Waals surface area contributed by atoms with E-state index in [4.69, 9.17) is 4.74 Å². The first-order chi connectivity index (χ1) is 7.88. The van der Waals surface area contributed by atoms with Gasteiger partial charge in [0.1, 0.15) is 0 Å². The zero-order chi connectivity index (χ0) is 10.8. The largest absolute Gasteiger partial charge is 0.373 e. The second-order valence-electron chi connectivity index (χ2n) is 5.09. The second-order valence-corrected chi connectivity index (χ2v) is 5.09. The van der Waals surface area contributed by atoms with Crippen molar-refractivity contribution >= 4 is 0 Å². The molecule has 0 radical (unpaired) electrons. The highest BCUT2D eigenvalue weighted by atomic mass is 16.5. The van der Waals surface area contributed by atoms with Gasteiger partial charge in [-0.05, 0) is 31.4 Å². The topological polar surface area (TPSA) is 21.3 Å². The average Bonchev–Trinajstić information content (AvgIpc) is 2.75. The minimum Gasteiger partial charge on any atom is -0.373 e. The Balaban J connectivity index is 1.73. The molecule has 1 N–H and O–H groups in total. The molecule has 3 rings (SSSR count). The van der Waals surface area contributed by atoms with E-state index < -0.39 is 0 Å². The van der Waals surface area contributed by atoms with Gasteiger partial charge in [0.2, 0.25) is 0 Å². The number of piperidine rings is 1. The smallest absolute Gasteiger partial charge is 0.0813 e. The van der Waals surface area contributed by atoms with Gasteiger partial charge in [-0.1, -0.05) is 30.3 Å². The molecule has 86 valence electrons. The van der Waals surface area contributed by atoms with Crippen molar-refractivity contribution in [2.75, 3.05) is 19.7 Å². The van der Waals surface area contributed by atoms with Crippen LogP contribution in [-0.4, -0.2) is 25.3 Å². The molecule has 2 fully saturated rings. The number of ether oxygens (including phenoxy) is 1. The summed E-state index contributed by atoms with van der Waals surface area (Å²) >= 11 is 0. The van der Waals surface area contributed by atoms with Gasteiger partial charge >= 0.3 is 0 Å². The van der Waals surface area contributed by atoms with Gasteiger partial charge in [-0.2, -0.15) is 0 Å². The number of rotatable bonds is 1. The van der Waals surface area contributed by atoms with Crippen LogP contribution in [0.4, 0.5) is 0 Å². The Morgan fingerprint density at radius 3 is 2.88 bits per heavy atom. The lowest BCUT2D eigenvalue weighted by Gasteiger charge is -2.33. The number of nitrogens with one attached hydrogen (secondary N) is 1. The molecule has 0 unspecified atom stereocenters. The fraction of sp³-hybridized carbons (Fsp3) is 0.571. The van der Waals surface area contributed by atoms with Gasteiger partial charge < -0.3 is 10.1 Å². The van der Waals surface area contributed by atoms with Crippen LogP contribution >= 0.6 is 0 Å². The Labute approximate surface area is 97.0 Å². The summed E-state index contributed by atoms with van der Waals surface area (Å²) in [5.41, 5.74) is 1.57. The summed E-state index contributed by atoms with van der Waals surface area (Å²) in [7, 11) is 0. The standard InChI is InChI=1S/C14H19NO/c1-2-5-12(6-3-1)13-9-14(16-10-13)7-4-8-15-11-14/h1-3,5-6,13,15H,4,7-11H2/t13-,14+/m0/s1. The molecule has 16 heavy (non-hydrogen) atoms. The summed E-state index contributed by atoms with van der Waals surface area (Å²) in [4.78, 5) is 0. The molecule has 2 aliphatic heterocycles. The zero-order valence-corrected chi connectivity index (χ0v) is 9.61. The van der Waals surface area contributed by atoms with Crippen molar-refractivity contribution in [1.82, 2.24) is 5.32 Å². The minimum absolute atomic E-state index is 0.138. The van der Waals surface area contributed by atoms with E-state index in [1.165, 1.54) is 24.8 Å². The Bertz CT molecular complexity index is 343. The van der Waals surface area contributed by atoms with Crippen LogP contribution in [0.25, 0.3) is 0 Å². The maximum atomic E-state index is 6.09. The fourth-order valence-electron chi connectivity index (χ4n) is 3.02. The molecule has 0 saturated carbocycles. The average molecular weight is 217 g/mol. The van der Waals surface area contributed by atoms with Gasteiger partial charge in [0.25, 0.3) is 0 Å². The molecule has 2 nitrogen and oxygen atoms in total. The predicted molar refractivity (Wildman–Crippen MR) is 64.6 cm³/mol. The van der Waals surface area contributed by atoms with Crippen molar-refractivity contribution in [2.24, 2.45) is 0 Å². The van der Waals surface area contributed by atoms with Crippen LogP contribution in [0.2, 0.25) is 0 Å². The molecule has 2 aliphatic rings. The summed E-state index contributed by atoms with van der Waals surface area (Å²) in [6, 6.07) is 10.8. The van der Waals surface area contributed by atoms with Crippen molar-refractivity contribution in [3.63, 3.8) is 0 Å². The number of benzene rings is 1. The predicted octanol–water partition coefficient (Wildman–Crippen LogP) is 2.31. The monoisotopic (exact) mass is 217 g/mol. The molecular weight excluding hydrogens is 198 g/mol. The highest BCUT2D eigenvalue weighted by Gasteiger charge is 2.41. The molecule has 0 bridgehead atoms. The molecule has 0 aliphatic carbocycles. The normalized spacial score (nSPS) is 34.4. The van der Waals surface area contributed by atoms with Crippen LogP contribution in [0.15, 0.2) is 30.3 Å². The van der Waals surface area contributed by atoms with Gasteiger partial charge in [0.05, 0.1) is 12.2 Å². The van der Waals surface area contributed by atoms with Gasteiger partial charge in [-0.25, -0.2) is 0 Å². The lowest BCUT2D eigenvalue weighted by Crippen LogP contribution is -2.45. The van der Waals surface area contributed by atoms with Gasteiger partial charge in [-0.3, -0.25) is 0 Å². The molecule has 1 spiro atoms. The molecule has 0 aromatic heterocycles. The molecule has 2 heterocycles. The van der Waals surface area contributed by atoms with Crippen molar-refractivity contribution in [2.45, 2.75) is 30.8 Å². The third kappa shape index (κ3) is 1.87. The SMILES string of the molecule is c1ccc([C@@H]2CO[C@]3(CCCNC3)C2)cc1. The first-order valence-electron chi connectivity index (χ1n) is 6.28. The van der Waals surface area contributed by atoms with Crippen LogP contribution in [0, 0.1) is 0 Å². The first kappa shape index (κ1) is 10.3. The van der Waals surface area contributed by atoms with E-state index in [1.54, 1.807) is 0 Å². The van der Waals surface area contributed by atoms with Crippen LogP contribution in [0.1, 0.15) is 30.7 Å². The third-order valence-electron chi connectivity index (χ3n) is 3.91. The molecule has 0 amide bonds. The second kappa shape index (κ2) is 4.19. The maximum Gasteiger partial charge on any atom is 0.0813 e. The van der Waals surface area contributed by atoms with Crippen molar-refractivity contribution < 1.29 is 4.74 Å². The van der Waals surface area contributed by atoms with Gasteiger partial charge in [0, 0.05) is 12.5 Å². The lowest BCUT2D eigenvalue weighted by atomic mass is 9.85. The van der Waals surface area contributed by atoms with E-state index in [2.05, 4.69) is 35.6 Å². The van der Waals surface area contributed by atoms with Crippen LogP contribution in [0.3, 0.4) is 0 Å². The summed E-state index contributed by atoms with van der Waals surface area (Å²) in [6.07, 6.45) is 3.66. The fourth-order valence-corrected chi connectivity index (χ4v) is 3.02. The van der Waals surface area contributed by atoms with E-state index in [0.717, 1.165) is 19.7 Å². The quantitative estimate of drug-likeness (QED) is 0.779. The third-order valence-corrected chi connectivity index (χ3v) is 3.91. The van der Waals surface area contributed by atoms with Crippen LogP contribution in [-0.2, 0) is 4.74 Å². The molecule has 1 aromatic rings. The Hall–Kier alpha value is -0.860. The van der Waals surface area contributed by atoms with Gasteiger partial charge in [-0.15, -0.1) is 0 Å². The first-order valence-corrected chi connectivity index (χ1v) is 6.28. The zero-order valence-electron chi connectivity index (χ0n) is 9.61. The van der Waals surface area contributed by atoms with E-state index in [-0.39, 0.29) is 5.60 Å². The molecule has 2 saturated heterocycles. The van der Waals surface area contributed by atoms with Crippen molar-refractivity contribution in [3.05, 3.63) is 35.9 Å².